The highest BCUT2D eigenvalue weighted by Gasteiger charge is 2.30. The van der Waals surface area contributed by atoms with Crippen molar-refractivity contribution in [2.24, 2.45) is 19.2 Å². The lowest BCUT2D eigenvalue weighted by Crippen LogP contribution is -3.00. The van der Waals surface area contributed by atoms with Crippen LogP contribution in [0.15, 0.2) is 70.7 Å². The molecule has 2 heterocycles. The van der Waals surface area contributed by atoms with Crippen LogP contribution in [0.25, 0.3) is 0 Å². The number of carboxylic acid groups (broad SMARTS) is 1. The summed E-state index contributed by atoms with van der Waals surface area (Å²) in [5.41, 5.74) is 3.41. The molecule has 0 spiro atoms. The highest BCUT2D eigenvalue weighted by molar-refractivity contribution is 7.89. The Kier molecular flexibility index (Phi) is 18.0. The van der Waals surface area contributed by atoms with E-state index in [1.807, 2.05) is 69.7 Å². The lowest BCUT2D eigenvalue weighted by Gasteiger charge is -2.23. The molecule has 2 aromatic heterocycles. The van der Waals surface area contributed by atoms with Gasteiger partial charge in [0.25, 0.3) is 20.0 Å². The zero-order valence-corrected chi connectivity index (χ0v) is 36.7. The molecule has 0 saturated heterocycles. The molecular formula is C34H50F3IN8O8S2. The number of benzene rings is 2. The molecule has 4 aromatic rings. The van der Waals surface area contributed by atoms with E-state index < -0.39 is 32.2 Å². The van der Waals surface area contributed by atoms with Gasteiger partial charge in [0.15, 0.2) is 10.1 Å². The van der Waals surface area contributed by atoms with Crippen molar-refractivity contribution >= 4 is 26.0 Å². The number of aryl methyl sites for hydroxylation is 2. The molecule has 0 radical (unpaired) electrons. The SMILES string of the molecule is COc1ccc(CN(Cc2ccc(OC)cc2)S(=O)(=O)c2cc(C[N+](C)(C)C)n(C)n2)cc1.Cn1nc(S(N)(=O)=O)cc1C[N+](C)(C)C.O=C([O-])C(F)(F)F.[I-]. The average molecular weight is 947 g/mol. The average Bonchev–Trinajstić information content (AvgIpc) is 3.61. The van der Waals surface area contributed by atoms with Gasteiger partial charge >= 0.3 is 6.18 Å². The Morgan fingerprint density at radius 3 is 1.34 bits per heavy atom. The van der Waals surface area contributed by atoms with Gasteiger partial charge < -0.3 is 52.3 Å². The fourth-order valence-corrected chi connectivity index (χ4v) is 6.66. The third kappa shape index (κ3) is 16.3. The van der Waals surface area contributed by atoms with Gasteiger partial charge in [0.2, 0.25) is 0 Å². The smallest absolute Gasteiger partial charge is 0.430 e. The predicted molar refractivity (Wildman–Crippen MR) is 195 cm³/mol. The number of ether oxygens (including phenoxy) is 2. The largest absolute Gasteiger partial charge is 1.00 e. The lowest BCUT2D eigenvalue weighted by molar-refractivity contribution is -0.884. The summed E-state index contributed by atoms with van der Waals surface area (Å²) < 4.78 is 97.6. The van der Waals surface area contributed by atoms with Crippen molar-refractivity contribution in [2.75, 3.05) is 56.5 Å². The Morgan fingerprint density at radius 2 is 1.07 bits per heavy atom. The van der Waals surface area contributed by atoms with Crippen molar-refractivity contribution in [3.8, 4) is 11.5 Å². The maximum absolute atomic E-state index is 13.7. The maximum atomic E-state index is 13.7. The Morgan fingerprint density at radius 1 is 0.750 bits per heavy atom. The van der Waals surface area contributed by atoms with Crippen LogP contribution in [0.5, 0.6) is 11.5 Å². The summed E-state index contributed by atoms with van der Waals surface area (Å²) >= 11 is 0. The minimum Gasteiger partial charge on any atom is -1.00 e. The van der Waals surface area contributed by atoms with E-state index in [0.717, 1.165) is 34.0 Å². The van der Waals surface area contributed by atoms with Crippen LogP contribution in [0.4, 0.5) is 13.2 Å². The van der Waals surface area contributed by atoms with E-state index in [9.17, 15) is 30.0 Å². The molecule has 2 aromatic carbocycles. The number of carboxylic acids is 1. The molecule has 22 heteroatoms. The Bertz CT molecular complexity index is 2050. The molecule has 0 saturated carbocycles. The summed E-state index contributed by atoms with van der Waals surface area (Å²) in [4.78, 5) is 8.78. The summed E-state index contributed by atoms with van der Waals surface area (Å²) in [7, 11) is 11.4. The molecule has 0 unspecified atom stereocenters. The number of primary sulfonamides is 1. The Balaban J connectivity index is 0.000000563. The zero-order chi connectivity index (χ0) is 42.2. The topological polar surface area (TPSA) is 192 Å². The fraction of sp³-hybridized carbons (Fsp3) is 0.441. The summed E-state index contributed by atoms with van der Waals surface area (Å²) in [6.07, 6.45) is -5.19. The number of hydrogen-bond donors (Lipinski definition) is 1. The molecule has 56 heavy (non-hydrogen) atoms. The summed E-state index contributed by atoms with van der Waals surface area (Å²) in [6.45, 7) is 1.77. The fourth-order valence-electron chi connectivity index (χ4n) is 4.71. The van der Waals surface area contributed by atoms with E-state index in [-0.39, 0.29) is 47.1 Å². The molecule has 4 rings (SSSR count). The monoisotopic (exact) mass is 946 g/mol. The molecule has 0 aliphatic heterocycles. The molecule has 16 nitrogen and oxygen atoms in total. The van der Waals surface area contributed by atoms with Crippen molar-refractivity contribution in [1.82, 2.24) is 23.9 Å². The minimum absolute atomic E-state index is 0. The molecule has 0 amide bonds. The summed E-state index contributed by atoms with van der Waals surface area (Å²) in [5.74, 6) is -1.57. The predicted octanol–water partition coefficient (Wildman–Crippen LogP) is -1.39. The molecule has 2 N–H and O–H groups in total. The van der Waals surface area contributed by atoms with Crippen LogP contribution < -0.4 is 43.7 Å². The van der Waals surface area contributed by atoms with Crippen LogP contribution in [-0.2, 0) is 65.1 Å². The van der Waals surface area contributed by atoms with Crippen LogP contribution >= 0.6 is 0 Å². The highest BCUT2D eigenvalue weighted by Crippen LogP contribution is 2.24. The number of sulfonamides is 2. The van der Waals surface area contributed by atoms with Gasteiger partial charge in [-0.25, -0.2) is 22.0 Å². The number of nitrogens with two attached hydrogens (primary N) is 1. The normalized spacial score (nSPS) is 12.1. The molecule has 0 fully saturated rings. The minimum atomic E-state index is -5.19. The van der Waals surface area contributed by atoms with Crippen molar-refractivity contribution in [1.29, 1.82) is 0 Å². The summed E-state index contributed by atoms with van der Waals surface area (Å²) in [6, 6.07) is 18.0. The number of halogens is 4. The zero-order valence-electron chi connectivity index (χ0n) is 32.9. The number of quaternary nitrogens is 2. The van der Waals surface area contributed by atoms with Gasteiger partial charge in [-0.1, -0.05) is 24.3 Å². The summed E-state index contributed by atoms with van der Waals surface area (Å²) in [5, 5.41) is 22.0. The van der Waals surface area contributed by atoms with Crippen LogP contribution in [0.1, 0.15) is 22.5 Å². The number of rotatable bonds is 13. The van der Waals surface area contributed by atoms with Gasteiger partial charge in [-0.15, -0.1) is 0 Å². The number of hydrogen-bond acceptors (Lipinski definition) is 10. The van der Waals surface area contributed by atoms with Crippen LogP contribution in [-0.4, -0.2) is 118 Å². The van der Waals surface area contributed by atoms with Gasteiger partial charge in [-0.2, -0.15) is 27.7 Å². The second kappa shape index (κ2) is 20.1. The number of carbonyl (C=O) groups is 1. The lowest BCUT2D eigenvalue weighted by atomic mass is 10.2. The molecular weight excluding hydrogens is 896 g/mol. The maximum Gasteiger partial charge on any atom is 0.430 e. The van der Waals surface area contributed by atoms with Crippen LogP contribution in [0, 0.1) is 0 Å². The van der Waals surface area contributed by atoms with Crippen molar-refractivity contribution < 1.29 is 82.3 Å². The van der Waals surface area contributed by atoms with E-state index in [0.29, 0.717) is 22.1 Å². The molecule has 0 atom stereocenters. The first-order valence-corrected chi connectivity index (χ1v) is 19.3. The van der Waals surface area contributed by atoms with E-state index in [2.05, 4.69) is 31.3 Å². The van der Waals surface area contributed by atoms with Crippen molar-refractivity contribution in [2.45, 2.75) is 42.4 Å². The first-order valence-electron chi connectivity index (χ1n) is 16.3. The van der Waals surface area contributed by atoms with E-state index in [1.54, 1.807) is 43.7 Å². The molecule has 0 aliphatic carbocycles. The number of aromatic nitrogens is 4. The van der Waals surface area contributed by atoms with Crippen LogP contribution in [0.3, 0.4) is 0 Å². The van der Waals surface area contributed by atoms with Crippen molar-refractivity contribution in [3.63, 3.8) is 0 Å². The van der Waals surface area contributed by atoms with Gasteiger partial charge in [0, 0.05) is 39.3 Å². The first kappa shape index (κ1) is 50.2. The van der Waals surface area contributed by atoms with Gasteiger partial charge in [0.1, 0.15) is 30.6 Å². The third-order valence-electron chi connectivity index (χ3n) is 7.34. The van der Waals surface area contributed by atoms with Gasteiger partial charge in [-0.05, 0) is 35.4 Å². The number of aliphatic carboxylic acids is 1. The molecule has 0 bridgehead atoms. The molecule has 0 aliphatic rings. The Hall–Kier alpha value is -3.81. The second-order valence-electron chi connectivity index (χ2n) is 14.4. The second-order valence-corrected chi connectivity index (χ2v) is 17.8. The van der Waals surface area contributed by atoms with E-state index in [4.69, 9.17) is 24.5 Å². The van der Waals surface area contributed by atoms with E-state index in [1.165, 1.54) is 10.4 Å². The van der Waals surface area contributed by atoms with Crippen LogP contribution in [0.2, 0.25) is 0 Å². The number of carbonyl (C=O) groups excluding carboxylic acids is 1. The highest BCUT2D eigenvalue weighted by atomic mass is 127. The Labute approximate surface area is 343 Å². The van der Waals surface area contributed by atoms with E-state index >= 15 is 0 Å². The molecule has 314 valence electrons. The standard InChI is InChI=1S/C24H33N4O4S.C8H17N4O2S.C2HF3O2.HI/c1-26-21(18-28(2,3)4)15-24(25-26)33(29,30)27(16-19-7-11-22(31-5)12-8-19)17-20-9-13-23(32-6)14-10-20;1-11-7(6-12(2,3)4)5-8(10-11)15(9,13)14;3-2(4,5)1(6)7;/h7-15H,16-18H2,1-6H3;5H,6H2,1-4H3,(H2,9,13,14);(H,6,7);1H/q2*+1;;/p-2. The number of methoxy groups -OCH3 is 2. The van der Waals surface area contributed by atoms with Gasteiger partial charge in [-0.3, -0.25) is 9.36 Å². The number of alkyl halides is 3. The number of nitrogens with zero attached hydrogens (tertiary/aromatic N) is 7. The first-order chi connectivity index (χ1) is 25.1. The third-order valence-corrected chi connectivity index (χ3v) is 9.79. The van der Waals surface area contributed by atoms with Crippen molar-refractivity contribution in [3.05, 3.63) is 83.2 Å². The quantitative estimate of drug-likeness (QED) is 0.123. The van der Waals surface area contributed by atoms with Gasteiger partial charge in [0.05, 0.1) is 67.9 Å².